The number of carboxylic acid groups (broad SMARTS) is 1. The van der Waals surface area contributed by atoms with Crippen molar-refractivity contribution in [3.63, 3.8) is 0 Å². The number of carbonyl (C=O) groups is 3. The standard InChI is InChI=1S/C29H30Cl2N2O6/c1-3-29(4-2,27(37)32-19-10-12-20(34)13-11-19)28(38)33-25(26(35)36)16-18-8-14-21(15-9-18)39-17-22-23(30)6-5-7-24(22)31/h5-15,25,34H,3-4,16-17H2,1-2H3,(H,32,37)(H,33,38)(H,35,36)/t25-/m0/s1. The van der Waals surface area contributed by atoms with Gasteiger partial charge in [-0.25, -0.2) is 4.79 Å². The molecule has 3 aromatic rings. The molecule has 0 spiro atoms. The predicted octanol–water partition coefficient (Wildman–Crippen LogP) is 5.84. The van der Waals surface area contributed by atoms with Gasteiger partial charge in [-0.05, 0) is 66.9 Å². The molecule has 0 heterocycles. The summed E-state index contributed by atoms with van der Waals surface area (Å²) in [5.41, 5.74) is 0.232. The molecule has 0 aliphatic heterocycles. The van der Waals surface area contributed by atoms with Gasteiger partial charge in [-0.1, -0.05) is 55.2 Å². The molecule has 0 aliphatic carbocycles. The van der Waals surface area contributed by atoms with Crippen LogP contribution in [0.5, 0.6) is 11.5 Å². The molecule has 3 rings (SSSR count). The van der Waals surface area contributed by atoms with Crippen LogP contribution >= 0.6 is 23.2 Å². The molecule has 39 heavy (non-hydrogen) atoms. The van der Waals surface area contributed by atoms with Gasteiger partial charge in [-0.3, -0.25) is 9.59 Å². The third-order valence-corrected chi connectivity index (χ3v) is 7.32. The summed E-state index contributed by atoms with van der Waals surface area (Å²) in [5.74, 6) is -1.88. The Morgan fingerprint density at radius 2 is 1.49 bits per heavy atom. The minimum absolute atomic E-state index is 0.000778. The third-order valence-electron chi connectivity index (χ3n) is 6.61. The fraction of sp³-hybridized carbons (Fsp3) is 0.276. The Morgan fingerprint density at radius 3 is 2.03 bits per heavy atom. The number of hydrogen-bond donors (Lipinski definition) is 4. The van der Waals surface area contributed by atoms with Gasteiger partial charge in [-0.15, -0.1) is 0 Å². The van der Waals surface area contributed by atoms with Crippen molar-refractivity contribution in [2.24, 2.45) is 5.41 Å². The van der Waals surface area contributed by atoms with Crippen molar-refractivity contribution in [2.45, 2.75) is 45.8 Å². The molecule has 8 nitrogen and oxygen atoms in total. The van der Waals surface area contributed by atoms with E-state index in [1.54, 1.807) is 56.3 Å². The monoisotopic (exact) mass is 572 g/mol. The van der Waals surface area contributed by atoms with Gasteiger partial charge in [0.25, 0.3) is 0 Å². The molecule has 0 radical (unpaired) electrons. The van der Waals surface area contributed by atoms with E-state index in [0.29, 0.717) is 32.6 Å². The van der Waals surface area contributed by atoms with Crippen LogP contribution in [0.3, 0.4) is 0 Å². The van der Waals surface area contributed by atoms with E-state index >= 15 is 0 Å². The smallest absolute Gasteiger partial charge is 0.326 e. The van der Waals surface area contributed by atoms with Crippen LogP contribution < -0.4 is 15.4 Å². The minimum Gasteiger partial charge on any atom is -0.508 e. The lowest BCUT2D eigenvalue weighted by Gasteiger charge is -2.30. The highest BCUT2D eigenvalue weighted by Crippen LogP contribution is 2.30. The first-order chi connectivity index (χ1) is 18.6. The Morgan fingerprint density at radius 1 is 0.897 bits per heavy atom. The second kappa shape index (κ2) is 13.4. The first kappa shape index (κ1) is 29.8. The zero-order valence-electron chi connectivity index (χ0n) is 21.5. The number of benzene rings is 3. The Balaban J connectivity index is 1.68. The number of nitrogens with one attached hydrogen (secondary N) is 2. The summed E-state index contributed by atoms with van der Waals surface area (Å²) in [6, 6.07) is 16.6. The molecule has 1 atom stereocenters. The van der Waals surface area contributed by atoms with Crippen molar-refractivity contribution in [3.8, 4) is 11.5 Å². The van der Waals surface area contributed by atoms with Crippen LogP contribution in [0.1, 0.15) is 37.8 Å². The fourth-order valence-electron chi connectivity index (χ4n) is 4.07. The van der Waals surface area contributed by atoms with Crippen LogP contribution in [0.25, 0.3) is 0 Å². The van der Waals surface area contributed by atoms with E-state index in [4.69, 9.17) is 27.9 Å². The highest BCUT2D eigenvalue weighted by molar-refractivity contribution is 6.35. The number of rotatable bonds is 12. The van der Waals surface area contributed by atoms with Gasteiger partial charge in [0, 0.05) is 27.7 Å². The van der Waals surface area contributed by atoms with Crippen LogP contribution in [-0.2, 0) is 27.4 Å². The molecule has 4 N–H and O–H groups in total. The maximum Gasteiger partial charge on any atom is 0.326 e. The molecule has 0 aliphatic rings. The molecule has 2 amide bonds. The van der Waals surface area contributed by atoms with Crippen LogP contribution in [-0.4, -0.2) is 34.0 Å². The number of anilines is 1. The van der Waals surface area contributed by atoms with Crippen molar-refractivity contribution in [1.29, 1.82) is 0 Å². The molecule has 0 unspecified atom stereocenters. The normalized spacial score (nSPS) is 11.9. The SMILES string of the molecule is CCC(CC)(C(=O)Nc1ccc(O)cc1)C(=O)N[C@@H](Cc1ccc(OCc2c(Cl)cccc2Cl)cc1)C(=O)O. The number of hydrogen-bond acceptors (Lipinski definition) is 5. The van der Waals surface area contributed by atoms with Gasteiger partial charge in [0.15, 0.2) is 0 Å². The maximum absolute atomic E-state index is 13.3. The first-order valence-electron chi connectivity index (χ1n) is 12.4. The molecule has 0 bridgehead atoms. The topological polar surface area (TPSA) is 125 Å². The maximum atomic E-state index is 13.3. The highest BCUT2D eigenvalue weighted by atomic mass is 35.5. The average molecular weight is 573 g/mol. The molecular weight excluding hydrogens is 543 g/mol. The lowest BCUT2D eigenvalue weighted by Crippen LogP contribution is -2.53. The van der Waals surface area contributed by atoms with E-state index in [-0.39, 0.29) is 31.6 Å². The van der Waals surface area contributed by atoms with Crippen molar-refractivity contribution in [3.05, 3.63) is 87.9 Å². The van der Waals surface area contributed by atoms with E-state index in [1.165, 1.54) is 24.3 Å². The molecule has 0 saturated heterocycles. The summed E-state index contributed by atoms with van der Waals surface area (Å²) in [6.07, 6.45) is 0.320. The summed E-state index contributed by atoms with van der Waals surface area (Å²) < 4.78 is 5.77. The third kappa shape index (κ3) is 7.43. The molecule has 3 aromatic carbocycles. The fourth-order valence-corrected chi connectivity index (χ4v) is 4.58. The van der Waals surface area contributed by atoms with E-state index in [9.17, 15) is 24.6 Å². The first-order valence-corrected chi connectivity index (χ1v) is 13.1. The van der Waals surface area contributed by atoms with Gasteiger partial charge in [0.2, 0.25) is 11.8 Å². The largest absolute Gasteiger partial charge is 0.508 e. The van der Waals surface area contributed by atoms with Crippen molar-refractivity contribution in [2.75, 3.05) is 5.32 Å². The minimum atomic E-state index is -1.48. The van der Waals surface area contributed by atoms with E-state index in [2.05, 4.69) is 10.6 Å². The summed E-state index contributed by atoms with van der Waals surface area (Å²) in [4.78, 5) is 38.5. The van der Waals surface area contributed by atoms with Crippen LogP contribution in [0.2, 0.25) is 10.0 Å². The number of carboxylic acids is 1. The van der Waals surface area contributed by atoms with Gasteiger partial charge < -0.3 is 25.6 Å². The van der Waals surface area contributed by atoms with Gasteiger partial charge in [0.05, 0.1) is 0 Å². The quantitative estimate of drug-likeness (QED) is 0.160. The molecule has 0 fully saturated rings. The molecule has 0 aromatic heterocycles. The number of phenols is 1. The van der Waals surface area contributed by atoms with Crippen molar-refractivity contribution in [1.82, 2.24) is 5.32 Å². The number of ether oxygens (including phenoxy) is 1. The van der Waals surface area contributed by atoms with Gasteiger partial charge in [-0.2, -0.15) is 0 Å². The lowest BCUT2D eigenvalue weighted by molar-refractivity contribution is -0.147. The number of halogens is 2. The second-order valence-electron chi connectivity index (χ2n) is 8.99. The molecule has 206 valence electrons. The Hall–Kier alpha value is -3.75. The number of amides is 2. The average Bonchev–Trinajstić information content (AvgIpc) is 2.91. The van der Waals surface area contributed by atoms with Crippen molar-refractivity contribution < 1.29 is 29.3 Å². The summed E-state index contributed by atoms with van der Waals surface area (Å²) in [5, 5.41) is 25.5. The van der Waals surface area contributed by atoms with Crippen LogP contribution in [0.15, 0.2) is 66.7 Å². The van der Waals surface area contributed by atoms with Crippen LogP contribution in [0, 0.1) is 5.41 Å². The van der Waals surface area contributed by atoms with Gasteiger partial charge in [0.1, 0.15) is 29.6 Å². The van der Waals surface area contributed by atoms with E-state index in [1.807, 2.05) is 0 Å². The van der Waals surface area contributed by atoms with E-state index < -0.39 is 29.2 Å². The van der Waals surface area contributed by atoms with Gasteiger partial charge >= 0.3 is 5.97 Å². The molecule has 0 saturated carbocycles. The number of phenolic OH excluding ortho intramolecular Hbond substituents is 1. The number of carbonyl (C=O) groups excluding carboxylic acids is 2. The van der Waals surface area contributed by atoms with Crippen molar-refractivity contribution >= 4 is 46.7 Å². The van der Waals surface area contributed by atoms with E-state index in [0.717, 1.165) is 0 Å². The summed E-state index contributed by atoms with van der Waals surface area (Å²) in [6.45, 7) is 3.56. The Labute approximate surface area is 236 Å². The predicted molar refractivity (Wildman–Crippen MR) is 150 cm³/mol. The number of aliphatic carboxylic acids is 1. The second-order valence-corrected chi connectivity index (χ2v) is 9.81. The Kier molecular flexibility index (Phi) is 10.2. The zero-order valence-corrected chi connectivity index (χ0v) is 23.1. The zero-order chi connectivity index (χ0) is 28.6. The Bertz CT molecular complexity index is 1290. The summed E-state index contributed by atoms with van der Waals surface area (Å²) >= 11 is 12.4. The molecule has 10 heteroatoms. The number of aromatic hydroxyl groups is 1. The highest BCUT2D eigenvalue weighted by Gasteiger charge is 2.44. The summed E-state index contributed by atoms with van der Waals surface area (Å²) in [7, 11) is 0. The lowest BCUT2D eigenvalue weighted by atomic mass is 9.79. The van der Waals surface area contributed by atoms with Crippen LogP contribution in [0.4, 0.5) is 5.69 Å². The molecular formula is C29H30Cl2N2O6.